The first-order valence-corrected chi connectivity index (χ1v) is 8.50. The van der Waals surface area contributed by atoms with E-state index in [-0.39, 0.29) is 6.61 Å². The molecular formula is C15H20OS2. The van der Waals surface area contributed by atoms with Crippen molar-refractivity contribution < 1.29 is 5.11 Å². The minimum atomic E-state index is -0.0530. The van der Waals surface area contributed by atoms with E-state index < -0.39 is 0 Å². The van der Waals surface area contributed by atoms with Crippen molar-refractivity contribution in [3.63, 3.8) is 0 Å². The topological polar surface area (TPSA) is 20.2 Å². The molecule has 0 saturated heterocycles. The summed E-state index contributed by atoms with van der Waals surface area (Å²) in [5.74, 6) is 7.75. The summed E-state index contributed by atoms with van der Waals surface area (Å²) in [5, 5.41) is 11.7. The first-order chi connectivity index (χ1) is 8.79. The Labute approximate surface area is 118 Å². The van der Waals surface area contributed by atoms with Gasteiger partial charge in [-0.25, -0.2) is 0 Å². The third-order valence-electron chi connectivity index (χ3n) is 3.39. The maximum atomic E-state index is 8.74. The zero-order valence-electron chi connectivity index (χ0n) is 10.8. The standard InChI is InChI=1S/C15H20OS2/c1-12-4-2-6-14(10-12)18-11-15-13(5-3-8-16)7-9-17-15/h7,9,12,14,16H,2,4,6,8,10-11H2,1H3. The van der Waals surface area contributed by atoms with E-state index in [9.17, 15) is 0 Å². The van der Waals surface area contributed by atoms with Crippen molar-refractivity contribution in [3.05, 3.63) is 21.9 Å². The van der Waals surface area contributed by atoms with Crippen molar-refractivity contribution in [2.75, 3.05) is 6.61 Å². The fourth-order valence-corrected chi connectivity index (χ4v) is 4.85. The minimum absolute atomic E-state index is 0.0530. The molecule has 2 rings (SSSR count). The molecule has 1 N–H and O–H groups in total. The van der Waals surface area contributed by atoms with Crippen LogP contribution in [0.2, 0.25) is 0 Å². The molecule has 0 amide bonds. The monoisotopic (exact) mass is 280 g/mol. The Balaban J connectivity index is 1.88. The molecule has 1 aliphatic carbocycles. The van der Waals surface area contributed by atoms with Crippen molar-refractivity contribution in [3.8, 4) is 11.8 Å². The number of aliphatic hydroxyl groups is 1. The molecule has 1 nitrogen and oxygen atoms in total. The molecule has 18 heavy (non-hydrogen) atoms. The first-order valence-electron chi connectivity index (χ1n) is 6.57. The molecule has 1 aliphatic rings. The van der Waals surface area contributed by atoms with Gasteiger partial charge in [0.2, 0.25) is 0 Å². The second kappa shape index (κ2) is 7.23. The molecule has 1 saturated carbocycles. The Kier molecular flexibility index (Phi) is 5.62. The quantitative estimate of drug-likeness (QED) is 0.847. The molecule has 0 bridgehead atoms. The molecule has 1 aromatic rings. The Hall–Kier alpha value is -0.430. The second-order valence-electron chi connectivity index (χ2n) is 4.92. The molecule has 0 radical (unpaired) electrons. The molecule has 1 aromatic heterocycles. The summed E-state index contributed by atoms with van der Waals surface area (Å²) in [6.45, 7) is 2.32. The Bertz CT molecular complexity index is 427. The van der Waals surface area contributed by atoms with Gasteiger partial charge in [0, 0.05) is 21.4 Å². The number of thioether (sulfide) groups is 1. The minimum Gasteiger partial charge on any atom is -0.384 e. The maximum Gasteiger partial charge on any atom is 0.104 e. The Morgan fingerprint density at radius 1 is 1.50 bits per heavy atom. The van der Waals surface area contributed by atoms with Crippen LogP contribution in [0.15, 0.2) is 11.4 Å². The highest BCUT2D eigenvalue weighted by Gasteiger charge is 2.19. The van der Waals surface area contributed by atoms with Crippen LogP contribution in [0.5, 0.6) is 0 Å². The van der Waals surface area contributed by atoms with Gasteiger partial charge < -0.3 is 5.11 Å². The normalized spacial score (nSPS) is 23.4. The fraction of sp³-hybridized carbons (Fsp3) is 0.600. The summed E-state index contributed by atoms with van der Waals surface area (Å²) in [6.07, 6.45) is 5.54. The van der Waals surface area contributed by atoms with Crippen molar-refractivity contribution in [1.29, 1.82) is 0 Å². The predicted molar refractivity (Wildman–Crippen MR) is 81.0 cm³/mol. The predicted octanol–water partition coefficient (Wildman–Crippen LogP) is 3.90. The van der Waals surface area contributed by atoms with E-state index in [1.165, 1.54) is 30.6 Å². The zero-order valence-corrected chi connectivity index (χ0v) is 12.4. The summed E-state index contributed by atoms with van der Waals surface area (Å²) < 4.78 is 0. The number of thiophene rings is 1. The van der Waals surface area contributed by atoms with Gasteiger partial charge >= 0.3 is 0 Å². The van der Waals surface area contributed by atoms with Gasteiger partial charge in [0.15, 0.2) is 0 Å². The van der Waals surface area contributed by atoms with Gasteiger partial charge in [-0.05, 0) is 30.2 Å². The average molecular weight is 280 g/mol. The third kappa shape index (κ3) is 4.05. The van der Waals surface area contributed by atoms with Gasteiger partial charge in [-0.1, -0.05) is 31.6 Å². The van der Waals surface area contributed by atoms with Gasteiger partial charge in [0.05, 0.1) is 0 Å². The summed E-state index contributed by atoms with van der Waals surface area (Å²) in [5.41, 5.74) is 1.10. The molecule has 98 valence electrons. The van der Waals surface area contributed by atoms with E-state index in [2.05, 4.69) is 42.0 Å². The SMILES string of the molecule is CC1CCCC(SCc2sccc2C#CCO)C1. The molecular weight excluding hydrogens is 260 g/mol. The fourth-order valence-electron chi connectivity index (χ4n) is 2.42. The van der Waals surface area contributed by atoms with Crippen LogP contribution in [0.1, 0.15) is 43.0 Å². The van der Waals surface area contributed by atoms with Crippen LogP contribution < -0.4 is 0 Å². The van der Waals surface area contributed by atoms with Crippen molar-refractivity contribution in [2.24, 2.45) is 5.92 Å². The van der Waals surface area contributed by atoms with Gasteiger partial charge in [-0.2, -0.15) is 11.8 Å². The lowest BCUT2D eigenvalue weighted by Gasteiger charge is -2.26. The van der Waals surface area contributed by atoms with Crippen LogP contribution in [-0.4, -0.2) is 17.0 Å². The van der Waals surface area contributed by atoms with Gasteiger partial charge in [-0.3, -0.25) is 0 Å². The van der Waals surface area contributed by atoms with E-state index in [0.29, 0.717) is 0 Å². The molecule has 2 atom stereocenters. The van der Waals surface area contributed by atoms with Gasteiger partial charge in [-0.15, -0.1) is 11.3 Å². The zero-order chi connectivity index (χ0) is 12.8. The van der Waals surface area contributed by atoms with Crippen LogP contribution in [0, 0.1) is 17.8 Å². The summed E-state index contributed by atoms with van der Waals surface area (Å²) >= 11 is 3.87. The summed E-state index contributed by atoms with van der Waals surface area (Å²) in [4.78, 5) is 1.36. The van der Waals surface area contributed by atoms with Crippen molar-refractivity contribution >= 4 is 23.1 Å². The Morgan fingerprint density at radius 2 is 2.39 bits per heavy atom. The van der Waals surface area contributed by atoms with E-state index in [4.69, 9.17) is 5.11 Å². The molecule has 3 heteroatoms. The highest BCUT2D eigenvalue weighted by atomic mass is 32.2. The molecule has 0 spiro atoms. The van der Waals surface area contributed by atoms with Gasteiger partial charge in [0.25, 0.3) is 0 Å². The smallest absolute Gasteiger partial charge is 0.104 e. The molecule has 0 aromatic carbocycles. The highest BCUT2D eigenvalue weighted by Crippen LogP contribution is 2.34. The molecule has 1 heterocycles. The van der Waals surface area contributed by atoms with E-state index in [1.54, 1.807) is 11.3 Å². The third-order valence-corrected chi connectivity index (χ3v) is 5.84. The Morgan fingerprint density at radius 3 is 3.17 bits per heavy atom. The summed E-state index contributed by atoms with van der Waals surface area (Å²) in [7, 11) is 0. The molecule has 1 fully saturated rings. The lowest BCUT2D eigenvalue weighted by atomic mass is 9.91. The van der Waals surface area contributed by atoms with Crippen LogP contribution >= 0.6 is 23.1 Å². The summed E-state index contributed by atoms with van der Waals surface area (Å²) in [6, 6.07) is 2.06. The van der Waals surface area contributed by atoms with E-state index >= 15 is 0 Å². The number of hydrogen-bond donors (Lipinski definition) is 1. The number of hydrogen-bond acceptors (Lipinski definition) is 3. The maximum absolute atomic E-state index is 8.74. The molecule has 2 unspecified atom stereocenters. The second-order valence-corrected chi connectivity index (χ2v) is 7.21. The van der Waals surface area contributed by atoms with Crippen LogP contribution in [0.4, 0.5) is 0 Å². The van der Waals surface area contributed by atoms with Crippen LogP contribution in [0.25, 0.3) is 0 Å². The van der Waals surface area contributed by atoms with Crippen LogP contribution in [0.3, 0.4) is 0 Å². The molecule has 0 aliphatic heterocycles. The van der Waals surface area contributed by atoms with Crippen molar-refractivity contribution in [1.82, 2.24) is 0 Å². The highest BCUT2D eigenvalue weighted by molar-refractivity contribution is 7.99. The first kappa shape index (κ1) is 14.0. The van der Waals surface area contributed by atoms with Gasteiger partial charge in [0.1, 0.15) is 6.61 Å². The van der Waals surface area contributed by atoms with Crippen molar-refractivity contribution in [2.45, 2.75) is 43.6 Å². The lowest BCUT2D eigenvalue weighted by molar-refractivity contribution is 0.350. The average Bonchev–Trinajstić information content (AvgIpc) is 2.81. The largest absolute Gasteiger partial charge is 0.384 e. The van der Waals surface area contributed by atoms with E-state index in [1.807, 2.05) is 0 Å². The van der Waals surface area contributed by atoms with E-state index in [0.717, 1.165) is 22.5 Å². The van der Waals surface area contributed by atoms with Crippen LogP contribution in [-0.2, 0) is 5.75 Å². The lowest BCUT2D eigenvalue weighted by Crippen LogP contribution is -2.15. The number of rotatable bonds is 3. The number of aliphatic hydroxyl groups excluding tert-OH is 1.